The maximum Gasteiger partial charge on any atom is 0.339 e. The van der Waals surface area contributed by atoms with Gasteiger partial charge in [0.2, 0.25) is 0 Å². The van der Waals surface area contributed by atoms with Crippen LogP contribution in [0.5, 0.6) is 0 Å². The summed E-state index contributed by atoms with van der Waals surface area (Å²) in [6, 6.07) is 1.34. The minimum absolute atomic E-state index is 0.0331. The van der Waals surface area contributed by atoms with Crippen LogP contribution in [0.25, 0.3) is 0 Å². The predicted molar refractivity (Wildman–Crippen MR) is 34.6 cm³/mol. The fourth-order valence-electron chi connectivity index (χ4n) is 0.719. The van der Waals surface area contributed by atoms with Gasteiger partial charge in [-0.25, -0.2) is 10.7 Å². The summed E-state index contributed by atoms with van der Waals surface area (Å²) < 4.78 is 4.78. The first-order chi connectivity index (χ1) is 5.25. The van der Waals surface area contributed by atoms with Gasteiger partial charge in [0.15, 0.2) is 0 Å². The van der Waals surface area contributed by atoms with Gasteiger partial charge >= 0.3 is 5.97 Å². The molecule has 0 saturated carbocycles. The van der Waals surface area contributed by atoms with Crippen molar-refractivity contribution in [2.45, 2.75) is 6.61 Å². The zero-order chi connectivity index (χ0) is 8.27. The van der Waals surface area contributed by atoms with Crippen LogP contribution >= 0.6 is 0 Å². The minimum Gasteiger partial charge on any atom is -0.478 e. The van der Waals surface area contributed by atoms with Crippen molar-refractivity contribution in [1.29, 1.82) is 0 Å². The number of carboxylic acid groups (broad SMARTS) is 1. The minimum atomic E-state index is -1.05. The largest absolute Gasteiger partial charge is 0.478 e. The Labute approximate surface area is 62.3 Å². The van der Waals surface area contributed by atoms with E-state index >= 15 is 0 Å². The summed E-state index contributed by atoms with van der Waals surface area (Å²) in [5, 5.41) is 8.52. The highest BCUT2D eigenvalue weighted by Crippen LogP contribution is 2.10. The van der Waals surface area contributed by atoms with E-state index in [4.69, 9.17) is 15.4 Å². The molecule has 11 heavy (non-hydrogen) atoms. The lowest BCUT2D eigenvalue weighted by molar-refractivity contribution is 0.0680. The summed E-state index contributed by atoms with van der Waals surface area (Å²) in [7, 11) is 0. The highest BCUT2D eigenvalue weighted by molar-refractivity contribution is 5.88. The fraction of sp³-hybridized carbons (Fsp3) is 0.167. The molecule has 1 aromatic heterocycles. The van der Waals surface area contributed by atoms with Crippen molar-refractivity contribution in [3.05, 3.63) is 23.7 Å². The summed E-state index contributed by atoms with van der Waals surface area (Å²) in [5.74, 6) is 3.91. The molecule has 0 spiro atoms. The highest BCUT2D eigenvalue weighted by Gasteiger charge is 2.12. The average Bonchev–Trinajstić information content (AvgIpc) is 2.36. The third kappa shape index (κ3) is 1.57. The van der Waals surface area contributed by atoms with Gasteiger partial charge in [-0.2, -0.15) is 0 Å². The number of hydrogen-bond acceptors (Lipinski definition) is 4. The molecule has 0 saturated heterocycles. The van der Waals surface area contributed by atoms with Crippen molar-refractivity contribution in [3.8, 4) is 0 Å². The summed E-state index contributed by atoms with van der Waals surface area (Å²) in [6.07, 6.45) is 1.28. The van der Waals surface area contributed by atoms with E-state index < -0.39 is 5.97 Å². The summed E-state index contributed by atoms with van der Waals surface area (Å²) in [5.41, 5.74) is 0.0791. The zero-order valence-electron chi connectivity index (χ0n) is 5.61. The molecule has 0 aromatic carbocycles. The standard InChI is InChI=1S/C6H7NO4/c7-11-3-5-4(6(8)9)1-2-10-5/h1-2H,3,7H2,(H,8,9). The van der Waals surface area contributed by atoms with E-state index in [1.165, 1.54) is 12.3 Å². The van der Waals surface area contributed by atoms with Crippen molar-refractivity contribution >= 4 is 5.97 Å². The third-order valence-electron chi connectivity index (χ3n) is 1.19. The van der Waals surface area contributed by atoms with Crippen LogP contribution in [0.4, 0.5) is 0 Å². The Kier molecular flexibility index (Phi) is 2.25. The molecule has 0 atom stereocenters. The number of aromatic carboxylic acids is 1. The second-order valence-corrected chi connectivity index (χ2v) is 1.87. The van der Waals surface area contributed by atoms with Crippen LogP contribution < -0.4 is 5.90 Å². The molecule has 0 aliphatic rings. The van der Waals surface area contributed by atoms with Crippen LogP contribution in [0.3, 0.4) is 0 Å². The van der Waals surface area contributed by atoms with Crippen LogP contribution in [-0.4, -0.2) is 11.1 Å². The van der Waals surface area contributed by atoms with Crippen LogP contribution in [-0.2, 0) is 11.4 Å². The summed E-state index contributed by atoms with van der Waals surface area (Å²) in [4.78, 5) is 14.6. The molecule has 1 rings (SSSR count). The lowest BCUT2D eigenvalue weighted by atomic mass is 10.2. The first-order valence-electron chi connectivity index (χ1n) is 2.87. The van der Waals surface area contributed by atoms with E-state index in [1.54, 1.807) is 0 Å². The second kappa shape index (κ2) is 3.18. The van der Waals surface area contributed by atoms with Gasteiger partial charge in [0.25, 0.3) is 0 Å². The van der Waals surface area contributed by atoms with E-state index in [0.29, 0.717) is 0 Å². The van der Waals surface area contributed by atoms with Crippen LogP contribution in [0.1, 0.15) is 16.1 Å². The summed E-state index contributed by atoms with van der Waals surface area (Å²) >= 11 is 0. The topological polar surface area (TPSA) is 85.7 Å². The molecule has 0 fully saturated rings. The Morgan fingerprint density at radius 2 is 2.55 bits per heavy atom. The molecule has 5 heteroatoms. The maximum atomic E-state index is 10.4. The van der Waals surface area contributed by atoms with Gasteiger partial charge in [-0.15, -0.1) is 0 Å². The average molecular weight is 157 g/mol. The van der Waals surface area contributed by atoms with E-state index in [2.05, 4.69) is 4.84 Å². The molecular formula is C6H7NO4. The summed E-state index contributed by atoms with van der Waals surface area (Å²) in [6.45, 7) is -0.0331. The Morgan fingerprint density at radius 3 is 3.09 bits per heavy atom. The Bertz CT molecular complexity index is 255. The monoisotopic (exact) mass is 157 g/mol. The molecule has 1 heterocycles. The fourth-order valence-corrected chi connectivity index (χ4v) is 0.719. The number of nitrogens with two attached hydrogens (primary N) is 1. The van der Waals surface area contributed by atoms with Crippen molar-refractivity contribution < 1.29 is 19.2 Å². The molecular weight excluding hydrogens is 150 g/mol. The van der Waals surface area contributed by atoms with Gasteiger partial charge in [-0.3, -0.25) is 4.84 Å². The Balaban J connectivity index is 2.87. The number of carbonyl (C=O) groups is 1. The van der Waals surface area contributed by atoms with Gasteiger partial charge in [0.1, 0.15) is 17.9 Å². The van der Waals surface area contributed by atoms with E-state index in [1.807, 2.05) is 0 Å². The third-order valence-corrected chi connectivity index (χ3v) is 1.19. The van der Waals surface area contributed by atoms with Gasteiger partial charge < -0.3 is 9.52 Å². The number of furan rings is 1. The van der Waals surface area contributed by atoms with E-state index in [-0.39, 0.29) is 17.9 Å². The molecule has 5 nitrogen and oxygen atoms in total. The van der Waals surface area contributed by atoms with Gasteiger partial charge in [0, 0.05) is 0 Å². The SMILES string of the molecule is NOCc1occc1C(=O)O. The number of carboxylic acids is 1. The molecule has 0 aliphatic carbocycles. The van der Waals surface area contributed by atoms with Crippen LogP contribution in [0.2, 0.25) is 0 Å². The lowest BCUT2D eigenvalue weighted by Crippen LogP contribution is -2.03. The van der Waals surface area contributed by atoms with Gasteiger partial charge in [-0.1, -0.05) is 0 Å². The number of hydrogen-bond donors (Lipinski definition) is 2. The predicted octanol–water partition coefficient (Wildman–Crippen LogP) is 0.368. The van der Waals surface area contributed by atoms with E-state index in [9.17, 15) is 4.79 Å². The van der Waals surface area contributed by atoms with Crippen molar-refractivity contribution in [2.75, 3.05) is 0 Å². The van der Waals surface area contributed by atoms with Crippen LogP contribution in [0.15, 0.2) is 16.7 Å². The van der Waals surface area contributed by atoms with Crippen molar-refractivity contribution in [1.82, 2.24) is 0 Å². The molecule has 0 unspecified atom stereocenters. The molecule has 0 bridgehead atoms. The van der Waals surface area contributed by atoms with Gasteiger partial charge in [-0.05, 0) is 6.07 Å². The Hall–Kier alpha value is -1.33. The molecule has 60 valence electrons. The maximum absolute atomic E-state index is 10.4. The van der Waals surface area contributed by atoms with E-state index in [0.717, 1.165) is 0 Å². The molecule has 3 N–H and O–H groups in total. The first-order valence-corrected chi connectivity index (χ1v) is 2.87. The van der Waals surface area contributed by atoms with Gasteiger partial charge in [0.05, 0.1) is 6.26 Å². The van der Waals surface area contributed by atoms with Crippen molar-refractivity contribution in [3.63, 3.8) is 0 Å². The second-order valence-electron chi connectivity index (χ2n) is 1.87. The quantitative estimate of drug-likeness (QED) is 0.619. The molecule has 0 radical (unpaired) electrons. The molecule has 0 amide bonds. The highest BCUT2D eigenvalue weighted by atomic mass is 16.6. The molecule has 0 aliphatic heterocycles. The lowest BCUT2D eigenvalue weighted by Gasteiger charge is -1.94. The number of rotatable bonds is 3. The first kappa shape index (κ1) is 7.77. The zero-order valence-corrected chi connectivity index (χ0v) is 5.61. The smallest absolute Gasteiger partial charge is 0.339 e. The normalized spacial score (nSPS) is 9.91. The van der Waals surface area contributed by atoms with Crippen molar-refractivity contribution in [2.24, 2.45) is 5.90 Å². The van der Waals surface area contributed by atoms with Crippen LogP contribution in [0, 0.1) is 0 Å². The Morgan fingerprint density at radius 1 is 1.82 bits per heavy atom. The molecule has 1 aromatic rings.